The van der Waals surface area contributed by atoms with Crippen LogP contribution in [0.1, 0.15) is 5.56 Å². The Morgan fingerprint density at radius 1 is 0.889 bits per heavy atom. The second kappa shape index (κ2) is 5.93. The maximum Gasteiger partial charge on any atom is 0.278 e. The van der Waals surface area contributed by atoms with Crippen molar-refractivity contribution >= 4 is 45.6 Å². The van der Waals surface area contributed by atoms with Gasteiger partial charge in [-0.3, -0.25) is 9.59 Å². The molecule has 132 valence electrons. The lowest BCUT2D eigenvalue weighted by molar-refractivity contribution is -0.126. The average molecular weight is 377 g/mol. The summed E-state index contributed by atoms with van der Waals surface area (Å²) in [6, 6.07) is 20.3. The first kappa shape index (κ1) is 16.0. The van der Waals surface area contributed by atoms with Crippen molar-refractivity contribution in [3.63, 3.8) is 0 Å². The molecule has 3 aromatic rings. The van der Waals surface area contributed by atoms with Crippen LogP contribution in [0.25, 0.3) is 10.8 Å². The highest BCUT2D eigenvalue weighted by molar-refractivity contribution is 6.33. The van der Waals surface area contributed by atoms with Gasteiger partial charge in [0.1, 0.15) is 11.6 Å². The van der Waals surface area contributed by atoms with Crippen LogP contribution in [0.5, 0.6) is 0 Å². The molecule has 3 aromatic carbocycles. The zero-order chi connectivity index (χ0) is 18.5. The molecule has 2 amide bonds. The van der Waals surface area contributed by atoms with E-state index in [2.05, 4.69) is 5.16 Å². The van der Waals surface area contributed by atoms with Gasteiger partial charge in [0, 0.05) is 10.6 Å². The van der Waals surface area contributed by atoms with Crippen LogP contribution in [0, 0.1) is 5.92 Å². The van der Waals surface area contributed by atoms with Crippen LogP contribution in [0.2, 0.25) is 5.02 Å². The van der Waals surface area contributed by atoms with Gasteiger partial charge in [0.05, 0.1) is 5.69 Å². The summed E-state index contributed by atoms with van der Waals surface area (Å²) in [5.41, 5.74) is 1.71. The fourth-order valence-electron chi connectivity index (χ4n) is 3.61. The predicted molar refractivity (Wildman–Crippen MR) is 103 cm³/mol. The van der Waals surface area contributed by atoms with E-state index in [1.54, 1.807) is 30.3 Å². The number of nitrogens with zero attached hydrogens (tertiary/aromatic N) is 2. The number of oxime groups is 1. The Bertz CT molecular complexity index is 1120. The molecule has 2 atom stereocenters. The molecule has 0 saturated carbocycles. The molecule has 1 fully saturated rings. The molecule has 0 bridgehead atoms. The van der Waals surface area contributed by atoms with Crippen LogP contribution in [-0.4, -0.2) is 23.6 Å². The van der Waals surface area contributed by atoms with Gasteiger partial charge in [-0.15, -0.1) is 0 Å². The zero-order valence-corrected chi connectivity index (χ0v) is 14.8. The summed E-state index contributed by atoms with van der Waals surface area (Å²) in [6.07, 6.45) is -0.922. The minimum Gasteiger partial charge on any atom is -0.381 e. The maximum absolute atomic E-state index is 13.1. The number of hydrogen-bond donors (Lipinski definition) is 0. The molecule has 0 N–H and O–H groups in total. The lowest BCUT2D eigenvalue weighted by atomic mass is 9.94. The van der Waals surface area contributed by atoms with Crippen LogP contribution >= 0.6 is 11.6 Å². The van der Waals surface area contributed by atoms with Gasteiger partial charge in [0.2, 0.25) is 12.0 Å². The van der Waals surface area contributed by atoms with E-state index in [0.717, 1.165) is 10.8 Å². The first-order chi connectivity index (χ1) is 13.1. The highest BCUT2D eigenvalue weighted by Crippen LogP contribution is 2.36. The number of amides is 2. The molecule has 0 radical (unpaired) electrons. The van der Waals surface area contributed by atoms with Gasteiger partial charge in [-0.25, -0.2) is 4.90 Å². The molecule has 6 heteroatoms. The van der Waals surface area contributed by atoms with Crippen molar-refractivity contribution in [1.82, 2.24) is 0 Å². The molecule has 2 aliphatic heterocycles. The van der Waals surface area contributed by atoms with E-state index in [-0.39, 0.29) is 5.91 Å². The van der Waals surface area contributed by atoms with Crippen molar-refractivity contribution in [1.29, 1.82) is 0 Å². The number of benzene rings is 3. The SMILES string of the molecule is O=C1C2ON=C(c3ccc(Cl)cc3)C2C(=O)N1c1ccc2ccccc2c1. The van der Waals surface area contributed by atoms with E-state index >= 15 is 0 Å². The maximum atomic E-state index is 13.1. The summed E-state index contributed by atoms with van der Waals surface area (Å²) < 4.78 is 0. The number of imide groups is 1. The van der Waals surface area contributed by atoms with Crippen molar-refractivity contribution in [2.45, 2.75) is 6.10 Å². The highest BCUT2D eigenvalue weighted by atomic mass is 35.5. The van der Waals surface area contributed by atoms with E-state index < -0.39 is 17.9 Å². The average Bonchev–Trinajstić information content (AvgIpc) is 3.23. The monoisotopic (exact) mass is 376 g/mol. The Morgan fingerprint density at radius 2 is 1.63 bits per heavy atom. The molecule has 27 heavy (non-hydrogen) atoms. The Kier molecular flexibility index (Phi) is 3.52. The van der Waals surface area contributed by atoms with Gasteiger partial charge in [0.15, 0.2) is 0 Å². The van der Waals surface area contributed by atoms with Crippen LogP contribution in [-0.2, 0) is 14.4 Å². The van der Waals surface area contributed by atoms with Crippen molar-refractivity contribution in [2.75, 3.05) is 4.90 Å². The lowest BCUT2D eigenvalue weighted by Crippen LogP contribution is -2.33. The normalized spacial score (nSPS) is 21.4. The topological polar surface area (TPSA) is 59.0 Å². The molecule has 2 aliphatic rings. The quantitative estimate of drug-likeness (QED) is 0.639. The number of hydrogen-bond acceptors (Lipinski definition) is 4. The summed E-state index contributed by atoms with van der Waals surface area (Å²) in [5.74, 6) is -1.47. The molecule has 0 aromatic heterocycles. The Morgan fingerprint density at radius 3 is 2.41 bits per heavy atom. The van der Waals surface area contributed by atoms with Crippen LogP contribution in [0.4, 0.5) is 5.69 Å². The fraction of sp³-hybridized carbons (Fsp3) is 0.0952. The van der Waals surface area contributed by atoms with Crippen LogP contribution in [0.15, 0.2) is 71.9 Å². The third kappa shape index (κ3) is 2.43. The lowest BCUT2D eigenvalue weighted by Gasteiger charge is -2.16. The van der Waals surface area contributed by atoms with Gasteiger partial charge in [-0.2, -0.15) is 0 Å². The Balaban J connectivity index is 1.53. The molecule has 1 saturated heterocycles. The molecule has 0 aliphatic carbocycles. The van der Waals surface area contributed by atoms with Crippen molar-refractivity contribution < 1.29 is 14.4 Å². The molecule has 5 rings (SSSR count). The van der Waals surface area contributed by atoms with Gasteiger partial charge in [-0.1, -0.05) is 59.2 Å². The van der Waals surface area contributed by atoms with Gasteiger partial charge in [0.25, 0.3) is 5.91 Å². The van der Waals surface area contributed by atoms with E-state index in [1.165, 1.54) is 4.90 Å². The number of fused-ring (bicyclic) bond motifs is 2. The minimum atomic E-state index is -0.922. The second-order valence-corrected chi connectivity index (χ2v) is 6.97. The van der Waals surface area contributed by atoms with Crippen LogP contribution in [0.3, 0.4) is 0 Å². The van der Waals surface area contributed by atoms with E-state index in [0.29, 0.717) is 22.0 Å². The van der Waals surface area contributed by atoms with Gasteiger partial charge < -0.3 is 4.84 Å². The third-order valence-corrected chi connectivity index (χ3v) is 5.20. The summed E-state index contributed by atoms with van der Waals surface area (Å²) in [5, 5.41) is 6.59. The van der Waals surface area contributed by atoms with E-state index in [9.17, 15) is 9.59 Å². The number of rotatable bonds is 2. The number of halogens is 1. The Hall–Kier alpha value is -3.18. The molecular formula is C21H13ClN2O3. The fourth-order valence-corrected chi connectivity index (χ4v) is 3.73. The first-order valence-electron chi connectivity index (χ1n) is 8.50. The van der Waals surface area contributed by atoms with Crippen molar-refractivity contribution in [3.05, 3.63) is 77.3 Å². The largest absolute Gasteiger partial charge is 0.381 e. The number of carbonyl (C=O) groups excluding carboxylic acids is 2. The van der Waals surface area contributed by atoms with Crippen LogP contribution < -0.4 is 4.90 Å². The third-order valence-electron chi connectivity index (χ3n) is 4.94. The smallest absolute Gasteiger partial charge is 0.278 e. The van der Waals surface area contributed by atoms with Crippen molar-refractivity contribution in [3.8, 4) is 0 Å². The highest BCUT2D eigenvalue weighted by Gasteiger charge is 2.56. The van der Waals surface area contributed by atoms with E-state index in [4.69, 9.17) is 16.4 Å². The first-order valence-corrected chi connectivity index (χ1v) is 8.87. The van der Waals surface area contributed by atoms with Crippen molar-refractivity contribution in [2.24, 2.45) is 11.1 Å². The van der Waals surface area contributed by atoms with E-state index in [1.807, 2.05) is 36.4 Å². The molecule has 2 heterocycles. The minimum absolute atomic E-state index is 0.327. The summed E-state index contributed by atoms with van der Waals surface area (Å²) >= 11 is 5.93. The molecular weight excluding hydrogens is 364 g/mol. The molecule has 2 unspecified atom stereocenters. The molecule has 0 spiro atoms. The number of carbonyl (C=O) groups is 2. The summed E-state index contributed by atoms with van der Waals surface area (Å²) in [4.78, 5) is 32.5. The molecule has 5 nitrogen and oxygen atoms in total. The predicted octanol–water partition coefficient (Wildman–Crippen LogP) is 3.79. The Labute approximate surface area is 159 Å². The summed E-state index contributed by atoms with van der Waals surface area (Å²) in [7, 11) is 0. The standard InChI is InChI=1S/C21H13ClN2O3/c22-15-8-5-13(6-9-15)18-17-19(27-23-18)21(26)24(20(17)25)16-10-7-12-3-1-2-4-14(12)11-16/h1-11,17,19H. The number of anilines is 1. The summed E-state index contributed by atoms with van der Waals surface area (Å²) in [6.45, 7) is 0. The van der Waals surface area contributed by atoms with Gasteiger partial charge >= 0.3 is 0 Å². The zero-order valence-electron chi connectivity index (χ0n) is 14.0. The van der Waals surface area contributed by atoms with Gasteiger partial charge in [-0.05, 0) is 35.0 Å². The second-order valence-electron chi connectivity index (χ2n) is 6.53.